The normalized spacial score (nSPS) is 20.3. The standard InChI is InChI=1S/C12H24Br4O7P2.C2H4/c1-9(5-13)19-24(17,20-10(2)6-14)23-25(18,21-11(3)7-15)22-12(4)8-16;1-2/h9-12H,5-8H2,1-4H3;1-2H2. The average Bonchev–Trinajstić information content (AvgIpc) is 2.61. The Labute approximate surface area is 196 Å². The lowest BCUT2D eigenvalue weighted by atomic mass is 10.5. The number of rotatable bonds is 14. The Balaban J connectivity index is 0. The molecule has 0 fully saturated rings. The van der Waals surface area contributed by atoms with Gasteiger partial charge in [0.15, 0.2) is 0 Å². The maximum absolute atomic E-state index is 13.0. The molecule has 4 unspecified atom stereocenters. The lowest BCUT2D eigenvalue weighted by Crippen LogP contribution is -2.19. The Kier molecular flexibility index (Phi) is 19.1. The lowest BCUT2D eigenvalue weighted by Gasteiger charge is -2.28. The molecule has 0 saturated carbocycles. The van der Waals surface area contributed by atoms with Gasteiger partial charge in [-0.3, -0.25) is 18.1 Å². The molecule has 0 aromatic carbocycles. The molecule has 0 N–H and O–H groups in total. The van der Waals surface area contributed by atoms with Crippen molar-refractivity contribution in [3.63, 3.8) is 0 Å². The van der Waals surface area contributed by atoms with E-state index in [9.17, 15) is 9.13 Å². The Morgan fingerprint density at radius 3 is 0.963 bits per heavy atom. The maximum atomic E-state index is 13.0. The molecule has 0 aromatic rings. The highest BCUT2D eigenvalue weighted by Gasteiger charge is 2.44. The molecule has 0 bridgehead atoms. The van der Waals surface area contributed by atoms with Crippen LogP contribution in [0.15, 0.2) is 13.2 Å². The first kappa shape index (κ1) is 31.1. The minimum atomic E-state index is -4.22. The molecule has 0 heterocycles. The Morgan fingerprint density at radius 1 is 0.630 bits per heavy atom. The van der Waals surface area contributed by atoms with Crippen molar-refractivity contribution in [2.45, 2.75) is 52.1 Å². The van der Waals surface area contributed by atoms with Crippen molar-refractivity contribution in [3.8, 4) is 0 Å². The van der Waals surface area contributed by atoms with E-state index in [1.165, 1.54) is 0 Å². The fourth-order valence-corrected chi connectivity index (χ4v) is 6.35. The van der Waals surface area contributed by atoms with Gasteiger partial charge in [-0.2, -0.15) is 4.31 Å². The molecule has 0 radical (unpaired) electrons. The highest BCUT2D eigenvalue weighted by molar-refractivity contribution is 9.09. The second-order valence-corrected chi connectivity index (χ2v) is 11.1. The minimum Gasteiger partial charge on any atom is -0.283 e. The summed E-state index contributed by atoms with van der Waals surface area (Å²) in [7, 11) is -8.45. The summed E-state index contributed by atoms with van der Waals surface area (Å²) in [4.78, 5) is 0. The summed E-state index contributed by atoms with van der Waals surface area (Å²) in [5.74, 6) is 0. The Morgan fingerprint density at radius 2 is 0.815 bits per heavy atom. The highest BCUT2D eigenvalue weighted by atomic mass is 79.9. The van der Waals surface area contributed by atoms with Crippen LogP contribution < -0.4 is 0 Å². The van der Waals surface area contributed by atoms with Crippen LogP contribution in [-0.4, -0.2) is 45.7 Å². The number of alkyl halides is 4. The van der Waals surface area contributed by atoms with Crippen LogP contribution >= 0.6 is 79.4 Å². The van der Waals surface area contributed by atoms with Gasteiger partial charge in [0.1, 0.15) is 0 Å². The quantitative estimate of drug-likeness (QED) is 0.108. The topological polar surface area (TPSA) is 80.3 Å². The van der Waals surface area contributed by atoms with Crippen molar-refractivity contribution in [2.24, 2.45) is 0 Å². The van der Waals surface area contributed by atoms with E-state index in [0.29, 0.717) is 21.3 Å². The molecule has 0 aliphatic heterocycles. The summed E-state index contributed by atoms with van der Waals surface area (Å²) in [6.07, 6.45) is -2.04. The van der Waals surface area contributed by atoms with Crippen molar-refractivity contribution >= 4 is 79.4 Å². The maximum Gasteiger partial charge on any atom is 0.484 e. The number of hydrogen-bond donors (Lipinski definition) is 0. The van der Waals surface area contributed by atoms with E-state index in [4.69, 9.17) is 22.4 Å². The van der Waals surface area contributed by atoms with Gasteiger partial charge in [-0.25, -0.2) is 9.13 Å². The summed E-state index contributed by atoms with van der Waals surface area (Å²) < 4.78 is 52.8. The van der Waals surface area contributed by atoms with E-state index in [1.807, 2.05) is 0 Å². The molecule has 0 aromatic heterocycles. The molecule has 0 saturated heterocycles. The van der Waals surface area contributed by atoms with Crippen LogP contribution in [0.1, 0.15) is 27.7 Å². The van der Waals surface area contributed by atoms with Gasteiger partial charge in [0.25, 0.3) is 0 Å². The highest BCUT2D eigenvalue weighted by Crippen LogP contribution is 2.67. The number of phosphoric acid groups is 2. The van der Waals surface area contributed by atoms with Gasteiger partial charge in [0.05, 0.1) is 24.4 Å². The zero-order valence-electron chi connectivity index (χ0n) is 15.8. The first-order chi connectivity index (χ1) is 12.5. The van der Waals surface area contributed by atoms with Gasteiger partial charge in [-0.1, -0.05) is 63.7 Å². The molecule has 7 nitrogen and oxygen atoms in total. The average molecular weight is 690 g/mol. The van der Waals surface area contributed by atoms with Crippen LogP contribution in [-0.2, 0) is 31.5 Å². The van der Waals surface area contributed by atoms with Crippen molar-refractivity contribution < 1.29 is 31.5 Å². The second-order valence-electron chi connectivity index (χ2n) is 5.26. The zero-order valence-corrected chi connectivity index (χ0v) is 23.9. The van der Waals surface area contributed by atoms with Gasteiger partial charge in [-0.05, 0) is 27.7 Å². The van der Waals surface area contributed by atoms with Crippen molar-refractivity contribution in [1.29, 1.82) is 0 Å². The van der Waals surface area contributed by atoms with Crippen LogP contribution in [0, 0.1) is 0 Å². The SMILES string of the molecule is C=C.CC(CBr)OP(=O)(OC(C)CBr)OP(=O)(OC(C)CBr)OC(C)CBr. The summed E-state index contributed by atoms with van der Waals surface area (Å²) in [6, 6.07) is 0. The first-order valence-corrected chi connectivity index (χ1v) is 15.3. The largest absolute Gasteiger partial charge is 0.484 e. The smallest absolute Gasteiger partial charge is 0.283 e. The van der Waals surface area contributed by atoms with Gasteiger partial charge < -0.3 is 0 Å². The summed E-state index contributed by atoms with van der Waals surface area (Å²) >= 11 is 12.9. The third-order valence-corrected chi connectivity index (χ3v) is 10.0. The predicted octanol–water partition coefficient (Wildman–Crippen LogP) is 7.22. The van der Waals surface area contributed by atoms with Crippen LogP contribution in [0.2, 0.25) is 0 Å². The number of hydrogen-bond acceptors (Lipinski definition) is 7. The van der Waals surface area contributed by atoms with Crippen LogP contribution in [0.3, 0.4) is 0 Å². The van der Waals surface area contributed by atoms with Crippen LogP contribution in [0.5, 0.6) is 0 Å². The zero-order chi connectivity index (χ0) is 21.7. The Bertz CT molecular complexity index is 414. The van der Waals surface area contributed by atoms with Crippen LogP contribution in [0.4, 0.5) is 0 Å². The predicted molar refractivity (Wildman–Crippen MR) is 125 cm³/mol. The van der Waals surface area contributed by atoms with E-state index in [-0.39, 0.29) is 0 Å². The summed E-state index contributed by atoms with van der Waals surface area (Å²) in [6.45, 7) is 12.7. The molecule has 0 amide bonds. The molecule has 0 aliphatic rings. The molecule has 13 heteroatoms. The van der Waals surface area contributed by atoms with E-state index < -0.39 is 40.1 Å². The molecule has 164 valence electrons. The molecule has 0 aliphatic carbocycles. The van der Waals surface area contributed by atoms with Crippen molar-refractivity contribution in [2.75, 3.05) is 21.3 Å². The van der Waals surface area contributed by atoms with Crippen LogP contribution in [0.25, 0.3) is 0 Å². The molecule has 27 heavy (non-hydrogen) atoms. The molecular weight excluding hydrogens is 662 g/mol. The monoisotopic (exact) mass is 686 g/mol. The lowest BCUT2D eigenvalue weighted by molar-refractivity contribution is 0.0661. The van der Waals surface area contributed by atoms with Gasteiger partial charge in [0.2, 0.25) is 0 Å². The Hall–Kier alpha value is 1.92. The fourth-order valence-electron chi connectivity index (χ4n) is 1.24. The van der Waals surface area contributed by atoms with Gasteiger partial charge in [0, 0.05) is 21.3 Å². The molecule has 0 spiro atoms. The first-order valence-electron chi connectivity index (χ1n) is 7.91. The van der Waals surface area contributed by atoms with E-state index in [0.717, 1.165) is 0 Å². The fraction of sp³-hybridized carbons (Fsp3) is 0.857. The molecule has 0 rings (SSSR count). The third-order valence-electron chi connectivity index (χ3n) is 2.31. The van der Waals surface area contributed by atoms with Crippen molar-refractivity contribution in [1.82, 2.24) is 0 Å². The van der Waals surface area contributed by atoms with E-state index in [2.05, 4.69) is 76.9 Å². The minimum absolute atomic E-state index is 0.383. The molecular formula is C14H28Br4O7P2. The number of phosphoric ester groups is 2. The number of halogens is 4. The van der Waals surface area contributed by atoms with Gasteiger partial charge in [-0.15, -0.1) is 13.2 Å². The second kappa shape index (κ2) is 16.6. The third kappa shape index (κ3) is 14.5. The van der Waals surface area contributed by atoms with E-state index in [1.54, 1.807) is 27.7 Å². The van der Waals surface area contributed by atoms with E-state index >= 15 is 0 Å². The summed E-state index contributed by atoms with van der Waals surface area (Å²) in [5, 5.41) is 1.53. The molecule has 4 atom stereocenters. The van der Waals surface area contributed by atoms with Gasteiger partial charge >= 0.3 is 15.6 Å². The van der Waals surface area contributed by atoms with Crippen molar-refractivity contribution in [3.05, 3.63) is 13.2 Å². The summed E-state index contributed by atoms with van der Waals surface area (Å²) in [5.41, 5.74) is 0.